The smallest absolute Gasteiger partial charge is 0.410 e. The van der Waals surface area contributed by atoms with Gasteiger partial charge in [-0.1, -0.05) is 11.6 Å². The van der Waals surface area contributed by atoms with E-state index in [2.05, 4.69) is 10.2 Å². The Morgan fingerprint density at radius 1 is 1.21 bits per heavy atom. The summed E-state index contributed by atoms with van der Waals surface area (Å²) in [7, 11) is 0. The van der Waals surface area contributed by atoms with Gasteiger partial charge in [0.15, 0.2) is 0 Å². The minimum absolute atomic E-state index is 0.212. The number of nitrogens with zero attached hydrogens (tertiary/aromatic N) is 2. The van der Waals surface area contributed by atoms with Crippen LogP contribution in [0.15, 0.2) is 18.2 Å². The van der Waals surface area contributed by atoms with Crippen molar-refractivity contribution in [1.29, 1.82) is 0 Å². The highest BCUT2D eigenvalue weighted by Crippen LogP contribution is 2.24. The molecule has 1 aromatic carbocycles. The first-order chi connectivity index (χ1) is 13.6. The molecule has 160 valence electrons. The lowest BCUT2D eigenvalue weighted by Crippen LogP contribution is -2.62. The van der Waals surface area contributed by atoms with Crippen LogP contribution < -0.4 is 5.32 Å². The summed E-state index contributed by atoms with van der Waals surface area (Å²) in [4.78, 5) is 28.4. The van der Waals surface area contributed by atoms with Crippen molar-refractivity contribution in [2.24, 2.45) is 5.92 Å². The Balaban J connectivity index is 1.37. The minimum atomic E-state index is -0.517. The number of likely N-dealkylation sites (tertiary alicyclic amines) is 2. The third-order valence-corrected chi connectivity index (χ3v) is 5.57. The molecular weight excluding hydrogens is 397 g/mol. The monoisotopic (exact) mass is 425 g/mol. The van der Waals surface area contributed by atoms with Crippen molar-refractivity contribution in [2.45, 2.75) is 45.3 Å². The van der Waals surface area contributed by atoms with Gasteiger partial charge in [-0.15, -0.1) is 0 Å². The second kappa shape index (κ2) is 8.88. The van der Waals surface area contributed by atoms with E-state index >= 15 is 0 Å². The summed E-state index contributed by atoms with van der Waals surface area (Å²) in [5.41, 5.74) is -0.230. The maximum absolute atomic E-state index is 13.4. The highest BCUT2D eigenvalue weighted by atomic mass is 35.5. The standard InChI is InChI=1S/C21H29ClFN3O3/c1-21(2,3)29-20(28)26-12-18(13-26)25-6-4-14(5-7-25)11-24-19(27)15-8-16(22)10-17(23)9-15/h8-10,14,18H,4-7,11-13H2,1-3H3,(H,24,27). The van der Waals surface area contributed by atoms with Crippen molar-refractivity contribution in [3.8, 4) is 0 Å². The van der Waals surface area contributed by atoms with E-state index in [-0.39, 0.29) is 22.6 Å². The Bertz CT molecular complexity index is 734. The van der Waals surface area contributed by atoms with Crippen LogP contribution in [0.2, 0.25) is 5.02 Å². The molecule has 2 saturated heterocycles. The predicted octanol–water partition coefficient (Wildman–Crippen LogP) is 3.54. The summed E-state index contributed by atoms with van der Waals surface area (Å²) in [6.45, 7) is 9.47. The van der Waals surface area contributed by atoms with Gasteiger partial charge in [0.05, 0.1) is 0 Å². The number of benzene rings is 1. The summed E-state index contributed by atoms with van der Waals surface area (Å²) < 4.78 is 18.8. The molecule has 0 spiro atoms. The minimum Gasteiger partial charge on any atom is -0.444 e. The van der Waals surface area contributed by atoms with Crippen LogP contribution in [0.1, 0.15) is 44.0 Å². The molecule has 29 heavy (non-hydrogen) atoms. The van der Waals surface area contributed by atoms with Crippen LogP contribution in [-0.4, -0.2) is 66.2 Å². The van der Waals surface area contributed by atoms with Crippen molar-refractivity contribution in [1.82, 2.24) is 15.1 Å². The Labute approximate surface area is 176 Å². The summed E-state index contributed by atoms with van der Waals surface area (Å²) in [6, 6.07) is 4.22. The third kappa shape index (κ3) is 6.06. The number of piperidine rings is 1. The normalized spacial score (nSPS) is 19.0. The number of halogens is 2. The Morgan fingerprint density at radius 2 is 1.86 bits per heavy atom. The van der Waals surface area contributed by atoms with Gasteiger partial charge in [-0.2, -0.15) is 0 Å². The van der Waals surface area contributed by atoms with E-state index in [1.807, 2.05) is 20.8 Å². The lowest BCUT2D eigenvalue weighted by Gasteiger charge is -2.47. The van der Waals surface area contributed by atoms with Gasteiger partial charge in [0.25, 0.3) is 5.91 Å². The number of hydrogen-bond donors (Lipinski definition) is 1. The Morgan fingerprint density at radius 3 is 2.45 bits per heavy atom. The van der Waals surface area contributed by atoms with E-state index in [4.69, 9.17) is 16.3 Å². The van der Waals surface area contributed by atoms with Gasteiger partial charge in [0, 0.05) is 36.3 Å². The molecular formula is C21H29ClFN3O3. The fourth-order valence-corrected chi connectivity index (χ4v) is 3.93. The van der Waals surface area contributed by atoms with Crippen LogP contribution >= 0.6 is 11.6 Å². The average molecular weight is 426 g/mol. The van der Waals surface area contributed by atoms with E-state index in [9.17, 15) is 14.0 Å². The van der Waals surface area contributed by atoms with Crippen molar-refractivity contribution >= 4 is 23.6 Å². The van der Waals surface area contributed by atoms with E-state index in [1.54, 1.807) is 4.90 Å². The molecule has 0 atom stereocenters. The summed E-state index contributed by atoms with van der Waals surface area (Å²) in [5, 5.41) is 3.10. The van der Waals surface area contributed by atoms with Crippen LogP contribution in [-0.2, 0) is 4.74 Å². The topological polar surface area (TPSA) is 61.9 Å². The number of amides is 2. The fourth-order valence-electron chi connectivity index (χ4n) is 3.71. The molecule has 3 rings (SSSR count). The number of ether oxygens (including phenoxy) is 1. The van der Waals surface area contributed by atoms with Gasteiger partial charge in [-0.3, -0.25) is 9.69 Å². The highest BCUT2D eigenvalue weighted by Gasteiger charge is 2.38. The quantitative estimate of drug-likeness (QED) is 0.801. The van der Waals surface area contributed by atoms with E-state index in [0.717, 1.165) is 25.9 Å². The van der Waals surface area contributed by atoms with Crippen LogP contribution in [0, 0.1) is 11.7 Å². The molecule has 1 N–H and O–H groups in total. The molecule has 6 nitrogen and oxygen atoms in total. The zero-order chi connectivity index (χ0) is 21.2. The lowest BCUT2D eigenvalue weighted by atomic mass is 9.94. The van der Waals surface area contributed by atoms with Crippen molar-refractivity contribution < 1.29 is 18.7 Å². The predicted molar refractivity (Wildman–Crippen MR) is 110 cm³/mol. The largest absolute Gasteiger partial charge is 0.444 e. The zero-order valence-corrected chi connectivity index (χ0v) is 18.0. The maximum atomic E-state index is 13.4. The first-order valence-electron chi connectivity index (χ1n) is 10.1. The summed E-state index contributed by atoms with van der Waals surface area (Å²) >= 11 is 5.81. The molecule has 2 aliphatic heterocycles. The van der Waals surface area contributed by atoms with Gasteiger partial charge < -0.3 is 15.0 Å². The lowest BCUT2D eigenvalue weighted by molar-refractivity contribution is -0.0214. The molecule has 0 aliphatic carbocycles. The number of carbonyl (C=O) groups excluding carboxylic acids is 2. The molecule has 2 amide bonds. The Hall–Kier alpha value is -1.86. The molecule has 2 heterocycles. The first-order valence-corrected chi connectivity index (χ1v) is 10.4. The third-order valence-electron chi connectivity index (χ3n) is 5.36. The second-order valence-electron chi connectivity index (χ2n) is 8.89. The van der Waals surface area contributed by atoms with Crippen LogP contribution in [0.3, 0.4) is 0 Å². The number of nitrogens with one attached hydrogen (secondary N) is 1. The molecule has 2 aliphatic rings. The van der Waals surface area contributed by atoms with E-state index < -0.39 is 11.4 Å². The van der Waals surface area contributed by atoms with Gasteiger partial charge >= 0.3 is 6.09 Å². The molecule has 0 radical (unpaired) electrons. The van der Waals surface area contributed by atoms with Gasteiger partial charge in [0.1, 0.15) is 11.4 Å². The second-order valence-corrected chi connectivity index (χ2v) is 9.32. The van der Waals surface area contributed by atoms with Crippen LogP contribution in [0.25, 0.3) is 0 Å². The van der Waals surface area contributed by atoms with Crippen LogP contribution in [0.4, 0.5) is 9.18 Å². The summed E-state index contributed by atoms with van der Waals surface area (Å²) in [5.74, 6) is -0.432. The average Bonchev–Trinajstić information content (AvgIpc) is 2.57. The van der Waals surface area contributed by atoms with Gasteiger partial charge in [0.2, 0.25) is 0 Å². The molecule has 0 saturated carbocycles. The molecule has 0 bridgehead atoms. The molecule has 2 fully saturated rings. The van der Waals surface area contributed by atoms with Gasteiger partial charge in [-0.05, 0) is 70.8 Å². The van der Waals surface area contributed by atoms with Crippen molar-refractivity contribution in [2.75, 3.05) is 32.7 Å². The first kappa shape index (κ1) is 21.8. The molecule has 0 unspecified atom stereocenters. The molecule has 0 aromatic heterocycles. The van der Waals surface area contributed by atoms with E-state index in [0.29, 0.717) is 31.6 Å². The summed E-state index contributed by atoms with van der Waals surface area (Å²) in [6.07, 6.45) is 1.71. The zero-order valence-electron chi connectivity index (χ0n) is 17.2. The Kier molecular flexibility index (Phi) is 6.69. The SMILES string of the molecule is CC(C)(C)OC(=O)N1CC(N2CCC(CNC(=O)c3cc(F)cc(Cl)c3)CC2)C1. The number of hydrogen-bond acceptors (Lipinski definition) is 4. The van der Waals surface area contributed by atoms with Crippen molar-refractivity contribution in [3.05, 3.63) is 34.6 Å². The van der Waals surface area contributed by atoms with E-state index in [1.165, 1.54) is 18.2 Å². The fraction of sp³-hybridized carbons (Fsp3) is 0.619. The number of carbonyl (C=O) groups is 2. The molecule has 1 aromatic rings. The van der Waals surface area contributed by atoms with Gasteiger partial charge in [-0.25, -0.2) is 9.18 Å². The highest BCUT2D eigenvalue weighted by molar-refractivity contribution is 6.31. The molecule has 8 heteroatoms. The van der Waals surface area contributed by atoms with Crippen LogP contribution in [0.5, 0.6) is 0 Å². The number of rotatable bonds is 4. The maximum Gasteiger partial charge on any atom is 0.410 e. The van der Waals surface area contributed by atoms with Crippen molar-refractivity contribution in [3.63, 3.8) is 0 Å².